The van der Waals surface area contributed by atoms with Crippen LogP contribution in [-0.4, -0.2) is 67.5 Å². The topological polar surface area (TPSA) is 105 Å². The lowest BCUT2D eigenvalue weighted by Gasteiger charge is -2.44. The van der Waals surface area contributed by atoms with E-state index in [2.05, 4.69) is 24.8 Å². The number of nitrogens with zero attached hydrogens (tertiary/aromatic N) is 5. The zero-order valence-corrected chi connectivity index (χ0v) is 19.7. The molecule has 2 aromatic rings. The summed E-state index contributed by atoms with van der Waals surface area (Å²) in [7, 11) is 0. The molecule has 2 N–H and O–H groups in total. The molecule has 2 aromatic heterocycles. The second-order valence-electron chi connectivity index (χ2n) is 10.0. The summed E-state index contributed by atoms with van der Waals surface area (Å²) in [6.45, 7) is 9.82. The minimum atomic E-state index is -0.898. The van der Waals surface area contributed by atoms with Crippen molar-refractivity contribution in [3.8, 4) is 11.4 Å². The fourth-order valence-electron chi connectivity index (χ4n) is 4.98. The first-order chi connectivity index (χ1) is 15.6. The highest BCUT2D eigenvalue weighted by molar-refractivity contribution is 5.66. The molecule has 33 heavy (non-hydrogen) atoms. The second kappa shape index (κ2) is 9.24. The first kappa shape index (κ1) is 23.4. The zero-order chi connectivity index (χ0) is 23.8. The van der Waals surface area contributed by atoms with E-state index in [1.54, 1.807) is 6.20 Å². The quantitative estimate of drug-likeness (QED) is 0.707. The summed E-state index contributed by atoms with van der Waals surface area (Å²) < 4.78 is 22.4. The van der Waals surface area contributed by atoms with Crippen LogP contribution in [0.1, 0.15) is 58.3 Å². The lowest BCUT2D eigenvalue weighted by atomic mass is 9.79. The molecule has 180 valence electrons. The van der Waals surface area contributed by atoms with Crippen molar-refractivity contribution in [2.24, 2.45) is 5.41 Å². The first-order valence-electron chi connectivity index (χ1n) is 11.6. The van der Waals surface area contributed by atoms with Gasteiger partial charge in [-0.3, -0.25) is 0 Å². The number of nitrogens with one attached hydrogen (secondary N) is 1. The largest absolute Gasteiger partial charge is 0.465 e. The van der Waals surface area contributed by atoms with Gasteiger partial charge in [0.15, 0.2) is 5.82 Å². The van der Waals surface area contributed by atoms with Gasteiger partial charge in [0.05, 0.1) is 18.1 Å². The number of anilines is 1. The van der Waals surface area contributed by atoms with Crippen LogP contribution in [-0.2, 0) is 4.74 Å². The third kappa shape index (κ3) is 4.95. The minimum Gasteiger partial charge on any atom is -0.465 e. The fourth-order valence-corrected chi connectivity index (χ4v) is 4.98. The Bertz CT molecular complexity index is 999. The molecule has 0 spiro atoms. The van der Waals surface area contributed by atoms with Crippen LogP contribution < -0.4 is 5.32 Å². The normalized spacial score (nSPS) is 22.4. The maximum Gasteiger partial charge on any atom is 0.407 e. The Balaban J connectivity index is 1.57. The van der Waals surface area contributed by atoms with Crippen molar-refractivity contribution < 1.29 is 19.0 Å². The number of amides is 1. The van der Waals surface area contributed by atoms with Crippen LogP contribution in [0.4, 0.5) is 15.1 Å². The van der Waals surface area contributed by atoms with Crippen molar-refractivity contribution in [1.82, 2.24) is 24.4 Å². The van der Waals surface area contributed by atoms with Crippen LogP contribution in [0.15, 0.2) is 12.4 Å². The summed E-state index contributed by atoms with van der Waals surface area (Å²) in [5, 5.41) is 12.9. The van der Waals surface area contributed by atoms with Crippen molar-refractivity contribution >= 4 is 12.0 Å². The number of carboxylic acid groups (broad SMARTS) is 1. The van der Waals surface area contributed by atoms with Gasteiger partial charge in [0.1, 0.15) is 11.5 Å². The zero-order valence-electron chi connectivity index (χ0n) is 19.7. The van der Waals surface area contributed by atoms with Gasteiger partial charge < -0.3 is 24.6 Å². The average molecular weight is 461 g/mol. The summed E-state index contributed by atoms with van der Waals surface area (Å²) in [4.78, 5) is 26.4. The lowest BCUT2D eigenvalue weighted by molar-refractivity contribution is 0.0557. The van der Waals surface area contributed by atoms with Gasteiger partial charge in [-0.1, -0.05) is 20.8 Å². The highest BCUT2D eigenvalue weighted by Crippen LogP contribution is 2.34. The number of piperidine rings is 1. The van der Waals surface area contributed by atoms with Crippen molar-refractivity contribution in [2.45, 2.75) is 71.5 Å². The second-order valence-corrected chi connectivity index (χ2v) is 10.0. The predicted molar refractivity (Wildman–Crippen MR) is 122 cm³/mol. The van der Waals surface area contributed by atoms with Crippen LogP contribution in [0, 0.1) is 18.2 Å². The van der Waals surface area contributed by atoms with E-state index >= 15 is 0 Å². The number of hydrogen-bond acceptors (Lipinski definition) is 6. The molecule has 2 fully saturated rings. The molecule has 4 rings (SSSR count). The van der Waals surface area contributed by atoms with E-state index in [1.165, 1.54) is 11.1 Å². The van der Waals surface area contributed by atoms with Crippen molar-refractivity contribution in [1.29, 1.82) is 0 Å². The number of likely N-dealkylation sites (tertiary alicyclic amines) is 1. The van der Waals surface area contributed by atoms with E-state index in [4.69, 9.17) is 4.74 Å². The van der Waals surface area contributed by atoms with Gasteiger partial charge in [-0.2, -0.15) is 0 Å². The molecular formula is C23H33FN6O3. The summed E-state index contributed by atoms with van der Waals surface area (Å²) >= 11 is 0. The summed E-state index contributed by atoms with van der Waals surface area (Å²) in [6.07, 6.45) is 4.91. The minimum absolute atomic E-state index is 0.00900. The number of imidazole rings is 1. The maximum atomic E-state index is 14.9. The molecule has 0 saturated carbocycles. The monoisotopic (exact) mass is 460 g/mol. The molecular weight excluding hydrogens is 427 g/mol. The average Bonchev–Trinajstić information content (AvgIpc) is 3.16. The van der Waals surface area contributed by atoms with Gasteiger partial charge in [0.25, 0.3) is 0 Å². The molecule has 0 aliphatic carbocycles. The van der Waals surface area contributed by atoms with Gasteiger partial charge in [-0.05, 0) is 38.0 Å². The number of rotatable bonds is 4. The number of aromatic nitrogens is 4. The lowest BCUT2D eigenvalue weighted by Crippen LogP contribution is -2.54. The molecule has 1 amide bonds. The predicted octanol–water partition coefficient (Wildman–Crippen LogP) is 4.11. The molecule has 2 atom stereocenters. The molecule has 4 heterocycles. The number of ether oxygens (including phenoxy) is 1. The SMILES string of the molecule is Cc1ncc(-c2nc(NC3CCN(C(=O)O)C(C(C)(C)C)C3)ncc2F)n1C1CCOCC1. The first-order valence-corrected chi connectivity index (χ1v) is 11.6. The Labute approximate surface area is 193 Å². The number of aryl methyl sites for hydroxylation is 1. The highest BCUT2D eigenvalue weighted by Gasteiger charge is 2.39. The Hall–Kier alpha value is -2.75. The number of hydrogen-bond donors (Lipinski definition) is 2. The van der Waals surface area contributed by atoms with E-state index in [0.29, 0.717) is 44.2 Å². The van der Waals surface area contributed by atoms with Gasteiger partial charge in [0.2, 0.25) is 5.95 Å². The smallest absolute Gasteiger partial charge is 0.407 e. The molecule has 0 aromatic carbocycles. The Kier molecular flexibility index (Phi) is 6.56. The number of carbonyl (C=O) groups is 1. The van der Waals surface area contributed by atoms with Crippen LogP contribution in [0.25, 0.3) is 11.4 Å². The molecule has 2 aliphatic rings. The standard InChI is InChI=1S/C23H33FN6O3/c1-14-25-13-18(30(14)16-6-9-33-10-7-16)20-17(24)12-26-21(28-20)27-15-5-8-29(22(31)32)19(11-15)23(2,3)4/h12-13,15-16,19H,5-11H2,1-4H3,(H,31,32)(H,26,27,28). The van der Waals surface area contributed by atoms with E-state index in [0.717, 1.165) is 18.7 Å². The van der Waals surface area contributed by atoms with Gasteiger partial charge in [-0.15, -0.1) is 0 Å². The molecule has 0 radical (unpaired) electrons. The highest BCUT2D eigenvalue weighted by atomic mass is 19.1. The Morgan fingerprint density at radius 3 is 2.61 bits per heavy atom. The molecule has 10 heteroatoms. The van der Waals surface area contributed by atoms with Crippen LogP contribution >= 0.6 is 0 Å². The van der Waals surface area contributed by atoms with E-state index in [-0.39, 0.29) is 29.2 Å². The molecule has 2 unspecified atom stereocenters. The molecule has 9 nitrogen and oxygen atoms in total. The molecule has 2 aliphatic heterocycles. The van der Waals surface area contributed by atoms with Crippen LogP contribution in [0.2, 0.25) is 0 Å². The van der Waals surface area contributed by atoms with Crippen molar-refractivity contribution in [2.75, 3.05) is 25.1 Å². The van der Waals surface area contributed by atoms with Crippen LogP contribution in [0.5, 0.6) is 0 Å². The Morgan fingerprint density at radius 2 is 1.94 bits per heavy atom. The fraction of sp³-hybridized carbons (Fsp3) is 0.652. The van der Waals surface area contributed by atoms with Gasteiger partial charge >= 0.3 is 6.09 Å². The van der Waals surface area contributed by atoms with Crippen molar-refractivity contribution in [3.05, 3.63) is 24.0 Å². The number of halogens is 1. The molecule has 2 saturated heterocycles. The maximum absolute atomic E-state index is 14.9. The summed E-state index contributed by atoms with van der Waals surface area (Å²) in [5.41, 5.74) is 0.645. The molecule has 0 bridgehead atoms. The van der Waals surface area contributed by atoms with Gasteiger partial charge in [-0.25, -0.2) is 24.1 Å². The van der Waals surface area contributed by atoms with Gasteiger partial charge in [0, 0.05) is 37.9 Å². The Morgan fingerprint density at radius 1 is 1.21 bits per heavy atom. The van der Waals surface area contributed by atoms with E-state index < -0.39 is 11.9 Å². The van der Waals surface area contributed by atoms with E-state index in [1.807, 2.05) is 27.7 Å². The summed E-state index contributed by atoms with van der Waals surface area (Å²) in [5.74, 6) is 0.658. The third-order valence-corrected chi connectivity index (χ3v) is 6.71. The third-order valence-electron chi connectivity index (χ3n) is 6.71. The van der Waals surface area contributed by atoms with E-state index in [9.17, 15) is 14.3 Å². The summed E-state index contributed by atoms with van der Waals surface area (Å²) in [6, 6.07) is 0.0407. The van der Waals surface area contributed by atoms with Crippen LogP contribution in [0.3, 0.4) is 0 Å². The van der Waals surface area contributed by atoms with Crippen molar-refractivity contribution in [3.63, 3.8) is 0 Å².